The third-order valence-corrected chi connectivity index (χ3v) is 3.86. The molecule has 0 spiro atoms. The van der Waals surface area contributed by atoms with Gasteiger partial charge in [0.15, 0.2) is 0 Å². The molecule has 1 aliphatic rings. The number of rotatable bonds is 1. The molecule has 0 aromatic heterocycles. The molecule has 1 saturated carbocycles. The van der Waals surface area contributed by atoms with Gasteiger partial charge in [-0.2, -0.15) is 0 Å². The molecule has 0 aromatic rings. The highest BCUT2D eigenvalue weighted by Gasteiger charge is 2.22. The quantitative estimate of drug-likeness (QED) is 0.422. The Balaban J connectivity index is 2.41. The van der Waals surface area contributed by atoms with Gasteiger partial charge in [0.25, 0.3) is 0 Å². The van der Waals surface area contributed by atoms with Gasteiger partial charge < -0.3 is 4.74 Å². The Morgan fingerprint density at radius 2 is 1.85 bits per heavy atom. The summed E-state index contributed by atoms with van der Waals surface area (Å²) >= 11 is 2.42. The van der Waals surface area contributed by atoms with Crippen molar-refractivity contribution in [2.75, 3.05) is 0 Å². The van der Waals surface area contributed by atoms with Crippen molar-refractivity contribution < 1.29 is 9.53 Å². The summed E-state index contributed by atoms with van der Waals surface area (Å²) in [6, 6.07) is 0. The Labute approximate surface area is 93.6 Å². The zero-order valence-electron chi connectivity index (χ0n) is 8.09. The summed E-state index contributed by atoms with van der Waals surface area (Å²) in [5.41, 5.74) is 0. The van der Waals surface area contributed by atoms with Gasteiger partial charge in [-0.15, -0.1) is 0 Å². The van der Waals surface area contributed by atoms with Crippen LogP contribution in [0.25, 0.3) is 0 Å². The molecule has 76 valence electrons. The largest absolute Gasteiger partial charge is 0.461 e. The van der Waals surface area contributed by atoms with Gasteiger partial charge in [-0.25, -0.2) is 0 Å². The molecule has 0 bridgehead atoms. The predicted molar refractivity (Wildman–Crippen MR) is 61.1 cm³/mol. The van der Waals surface area contributed by atoms with Crippen LogP contribution in [0.1, 0.15) is 45.4 Å². The molecule has 0 saturated heterocycles. The highest BCUT2D eigenvalue weighted by Crippen LogP contribution is 2.25. The minimum Gasteiger partial charge on any atom is -0.461 e. The smallest absolute Gasteiger partial charge is 0.302 e. The maximum atomic E-state index is 10.8. The van der Waals surface area contributed by atoms with E-state index in [0.717, 1.165) is 6.42 Å². The van der Waals surface area contributed by atoms with Crippen molar-refractivity contribution in [3.8, 4) is 0 Å². The summed E-state index contributed by atoms with van der Waals surface area (Å²) < 4.78 is 5.81. The molecule has 13 heavy (non-hydrogen) atoms. The number of carbonyl (C=O) groups excluding carboxylic acids is 1. The van der Waals surface area contributed by atoms with Crippen LogP contribution in [0.3, 0.4) is 0 Å². The normalized spacial score (nSPS) is 30.3. The topological polar surface area (TPSA) is 26.3 Å². The lowest BCUT2D eigenvalue weighted by Gasteiger charge is -2.24. The van der Waals surface area contributed by atoms with E-state index >= 15 is 0 Å². The minimum absolute atomic E-state index is 0.132. The van der Waals surface area contributed by atoms with E-state index in [1.165, 1.54) is 39.0 Å². The number of carbonyl (C=O) groups is 1. The molecular formula is C10H17IO2. The second-order valence-corrected chi connectivity index (χ2v) is 5.26. The van der Waals surface area contributed by atoms with Crippen molar-refractivity contribution >= 4 is 28.6 Å². The van der Waals surface area contributed by atoms with Gasteiger partial charge in [-0.3, -0.25) is 4.79 Å². The van der Waals surface area contributed by atoms with Crippen molar-refractivity contribution in [3.05, 3.63) is 0 Å². The summed E-state index contributed by atoms with van der Waals surface area (Å²) in [5, 5.41) is 0. The Morgan fingerprint density at radius 1 is 1.23 bits per heavy atom. The van der Waals surface area contributed by atoms with Gasteiger partial charge in [-0.1, -0.05) is 41.9 Å². The van der Waals surface area contributed by atoms with Crippen LogP contribution in [0.2, 0.25) is 0 Å². The lowest BCUT2D eigenvalue weighted by Crippen LogP contribution is -2.27. The van der Waals surface area contributed by atoms with E-state index in [1.807, 2.05) is 0 Å². The Bertz CT molecular complexity index is 170. The Hall–Kier alpha value is 0.200. The first-order valence-electron chi connectivity index (χ1n) is 5.01. The Kier molecular flexibility index (Phi) is 5.06. The summed E-state index contributed by atoms with van der Waals surface area (Å²) in [7, 11) is 0. The summed E-state index contributed by atoms with van der Waals surface area (Å²) in [4.78, 5) is 10.8. The zero-order chi connectivity index (χ0) is 9.68. The van der Waals surface area contributed by atoms with Crippen LogP contribution in [-0.2, 0) is 9.53 Å². The summed E-state index contributed by atoms with van der Waals surface area (Å²) in [6.07, 6.45) is 7.53. The van der Waals surface area contributed by atoms with Gasteiger partial charge >= 0.3 is 5.97 Å². The average molecular weight is 296 g/mol. The Morgan fingerprint density at radius 3 is 2.46 bits per heavy atom. The maximum Gasteiger partial charge on any atom is 0.302 e. The van der Waals surface area contributed by atoms with E-state index in [2.05, 4.69) is 22.6 Å². The fourth-order valence-electron chi connectivity index (χ4n) is 1.75. The first kappa shape index (κ1) is 11.3. The summed E-state index contributed by atoms with van der Waals surface area (Å²) in [6.45, 7) is 1.50. The highest BCUT2D eigenvalue weighted by atomic mass is 127. The molecular weight excluding hydrogens is 279 g/mol. The number of hydrogen-bond donors (Lipinski definition) is 0. The van der Waals surface area contributed by atoms with E-state index in [9.17, 15) is 4.79 Å². The molecule has 0 amide bonds. The van der Waals surface area contributed by atoms with E-state index in [0.29, 0.717) is 3.92 Å². The number of alkyl halides is 1. The second kappa shape index (κ2) is 5.83. The molecule has 1 rings (SSSR count). The molecule has 2 atom stereocenters. The van der Waals surface area contributed by atoms with Crippen molar-refractivity contribution in [1.29, 1.82) is 0 Å². The molecule has 0 aromatic carbocycles. The average Bonchev–Trinajstić information content (AvgIpc) is 2.04. The van der Waals surface area contributed by atoms with Crippen LogP contribution < -0.4 is 0 Å². The maximum absolute atomic E-state index is 10.8. The minimum atomic E-state index is -0.132. The van der Waals surface area contributed by atoms with E-state index in [1.54, 1.807) is 0 Å². The number of ether oxygens (including phenoxy) is 1. The fraction of sp³-hybridized carbons (Fsp3) is 0.900. The van der Waals surface area contributed by atoms with Crippen LogP contribution in [0.4, 0.5) is 0 Å². The molecule has 0 unspecified atom stereocenters. The van der Waals surface area contributed by atoms with Crippen LogP contribution in [-0.4, -0.2) is 16.0 Å². The zero-order valence-corrected chi connectivity index (χ0v) is 10.2. The van der Waals surface area contributed by atoms with Gasteiger partial charge in [0.05, 0.1) is 0 Å². The third kappa shape index (κ3) is 4.29. The lowest BCUT2D eigenvalue weighted by atomic mass is 9.98. The first-order chi connectivity index (χ1) is 6.20. The van der Waals surface area contributed by atoms with Gasteiger partial charge in [0.1, 0.15) is 6.10 Å². The van der Waals surface area contributed by atoms with Crippen molar-refractivity contribution in [1.82, 2.24) is 0 Å². The van der Waals surface area contributed by atoms with Crippen molar-refractivity contribution in [2.45, 2.75) is 55.5 Å². The van der Waals surface area contributed by atoms with E-state index in [-0.39, 0.29) is 12.1 Å². The molecule has 1 aliphatic carbocycles. The van der Waals surface area contributed by atoms with Crippen LogP contribution in [0.5, 0.6) is 0 Å². The number of esters is 1. The molecule has 2 nitrogen and oxygen atoms in total. The standard InChI is InChI=1S/C10H17IO2/c1-8(12)13-10-7-5-3-2-4-6-9(10)11/h9-10H,2-7H2,1H3/t9-,10-/m0/s1. The molecule has 0 radical (unpaired) electrons. The molecule has 3 heteroatoms. The van der Waals surface area contributed by atoms with E-state index in [4.69, 9.17) is 4.74 Å². The van der Waals surface area contributed by atoms with Crippen LogP contribution in [0, 0.1) is 0 Å². The van der Waals surface area contributed by atoms with Crippen LogP contribution >= 0.6 is 22.6 Å². The predicted octanol–water partition coefficient (Wildman–Crippen LogP) is 3.08. The van der Waals surface area contributed by atoms with E-state index < -0.39 is 0 Å². The van der Waals surface area contributed by atoms with Gasteiger partial charge in [0, 0.05) is 10.8 Å². The monoisotopic (exact) mass is 296 g/mol. The van der Waals surface area contributed by atoms with Gasteiger partial charge in [-0.05, 0) is 19.3 Å². The SMILES string of the molecule is CC(=O)O[C@H]1CCCCCC[C@@H]1I. The number of hydrogen-bond acceptors (Lipinski definition) is 2. The molecule has 0 heterocycles. The first-order valence-corrected chi connectivity index (χ1v) is 6.26. The fourth-order valence-corrected chi connectivity index (χ4v) is 2.70. The summed E-state index contributed by atoms with van der Waals surface area (Å²) in [5.74, 6) is -0.132. The lowest BCUT2D eigenvalue weighted by molar-refractivity contribution is -0.146. The van der Waals surface area contributed by atoms with Crippen molar-refractivity contribution in [2.24, 2.45) is 0 Å². The molecule has 0 N–H and O–H groups in total. The number of halogens is 1. The van der Waals surface area contributed by atoms with Crippen LogP contribution in [0.15, 0.2) is 0 Å². The third-order valence-electron chi connectivity index (χ3n) is 2.44. The molecule has 0 aliphatic heterocycles. The highest BCUT2D eigenvalue weighted by molar-refractivity contribution is 14.1. The molecule has 1 fully saturated rings. The second-order valence-electron chi connectivity index (χ2n) is 3.66. The van der Waals surface area contributed by atoms with Crippen molar-refractivity contribution in [3.63, 3.8) is 0 Å². The van der Waals surface area contributed by atoms with Gasteiger partial charge in [0.2, 0.25) is 0 Å².